The highest BCUT2D eigenvalue weighted by Gasteiger charge is 2.29. The van der Waals surface area contributed by atoms with E-state index in [2.05, 4.69) is 6.92 Å². The minimum atomic E-state index is -3.74. The maximum absolute atomic E-state index is 13.2. The van der Waals surface area contributed by atoms with Crippen molar-refractivity contribution in [3.05, 3.63) is 53.6 Å². The molecule has 1 amide bonds. The summed E-state index contributed by atoms with van der Waals surface area (Å²) in [6.45, 7) is 2.74. The van der Waals surface area contributed by atoms with Gasteiger partial charge in [-0.25, -0.2) is 12.7 Å². The van der Waals surface area contributed by atoms with Crippen LogP contribution in [0, 0.1) is 0 Å². The van der Waals surface area contributed by atoms with E-state index >= 15 is 0 Å². The topological polar surface area (TPSA) is 66.9 Å². The number of ether oxygens (including phenoxy) is 1. The fraction of sp³-hybridized carbons (Fsp3) is 0.350. The minimum Gasteiger partial charge on any atom is -0.495 e. The van der Waals surface area contributed by atoms with Crippen molar-refractivity contribution in [2.75, 3.05) is 32.6 Å². The first-order chi connectivity index (χ1) is 12.8. The van der Waals surface area contributed by atoms with E-state index in [0.29, 0.717) is 18.0 Å². The van der Waals surface area contributed by atoms with E-state index in [1.807, 2.05) is 24.3 Å². The molecule has 1 aliphatic rings. The van der Waals surface area contributed by atoms with Gasteiger partial charge in [0.1, 0.15) is 10.6 Å². The van der Waals surface area contributed by atoms with E-state index < -0.39 is 10.0 Å². The van der Waals surface area contributed by atoms with Crippen LogP contribution in [0.2, 0.25) is 0 Å². The summed E-state index contributed by atoms with van der Waals surface area (Å²) < 4.78 is 31.6. The molecule has 1 unspecified atom stereocenters. The number of carbonyl (C=O) groups excluding carboxylic acids is 1. The lowest BCUT2D eigenvalue weighted by molar-refractivity contribution is 0.0984. The maximum atomic E-state index is 13.2. The van der Waals surface area contributed by atoms with Crippen molar-refractivity contribution in [3.63, 3.8) is 0 Å². The Morgan fingerprint density at radius 1 is 1.19 bits per heavy atom. The van der Waals surface area contributed by atoms with Gasteiger partial charge in [-0.15, -0.1) is 0 Å². The fourth-order valence-corrected chi connectivity index (χ4v) is 4.40. The number of fused-ring (bicyclic) bond motifs is 1. The molecule has 0 aliphatic carbocycles. The van der Waals surface area contributed by atoms with Crippen LogP contribution < -0.4 is 9.64 Å². The molecule has 0 spiro atoms. The van der Waals surface area contributed by atoms with Gasteiger partial charge in [0.25, 0.3) is 5.91 Å². The highest BCUT2D eigenvalue weighted by molar-refractivity contribution is 7.89. The highest BCUT2D eigenvalue weighted by Crippen LogP contribution is 2.36. The second kappa shape index (κ2) is 7.32. The lowest BCUT2D eigenvalue weighted by Crippen LogP contribution is -2.36. The first kappa shape index (κ1) is 19.4. The van der Waals surface area contributed by atoms with Crippen LogP contribution in [-0.4, -0.2) is 46.4 Å². The van der Waals surface area contributed by atoms with E-state index in [1.54, 1.807) is 11.0 Å². The van der Waals surface area contributed by atoms with Crippen LogP contribution in [-0.2, 0) is 10.0 Å². The molecule has 1 atom stereocenters. The molecule has 27 heavy (non-hydrogen) atoms. The Hall–Kier alpha value is -2.38. The van der Waals surface area contributed by atoms with Crippen molar-refractivity contribution in [2.24, 2.45) is 0 Å². The van der Waals surface area contributed by atoms with Crippen molar-refractivity contribution in [1.82, 2.24) is 4.31 Å². The van der Waals surface area contributed by atoms with Gasteiger partial charge < -0.3 is 9.64 Å². The van der Waals surface area contributed by atoms with E-state index in [0.717, 1.165) is 22.0 Å². The summed E-state index contributed by atoms with van der Waals surface area (Å²) in [5.74, 6) is 0.380. The van der Waals surface area contributed by atoms with Crippen molar-refractivity contribution in [2.45, 2.75) is 24.2 Å². The zero-order chi connectivity index (χ0) is 19.8. The van der Waals surface area contributed by atoms with E-state index in [9.17, 15) is 13.2 Å². The molecular weight excluding hydrogens is 364 g/mol. The lowest BCUT2D eigenvalue weighted by Gasteiger charge is -2.33. The van der Waals surface area contributed by atoms with Crippen molar-refractivity contribution in [1.29, 1.82) is 0 Å². The van der Waals surface area contributed by atoms with Gasteiger partial charge in [0.2, 0.25) is 10.0 Å². The van der Waals surface area contributed by atoms with Crippen LogP contribution in [0.25, 0.3) is 0 Å². The molecule has 2 aromatic rings. The Morgan fingerprint density at radius 2 is 1.89 bits per heavy atom. The molecule has 0 aromatic heterocycles. The standard InChI is InChI=1S/C20H24N2O4S/c1-14-11-12-22(17-8-6-5-7-16(14)17)20(23)15-9-10-18(26-4)19(13-15)27(24,25)21(2)3/h5-10,13-14H,11-12H2,1-4H3. The molecule has 0 bridgehead atoms. The number of carbonyl (C=O) groups is 1. The van der Waals surface area contributed by atoms with Gasteiger partial charge in [0.15, 0.2) is 0 Å². The number of nitrogens with zero attached hydrogens (tertiary/aromatic N) is 2. The molecule has 3 rings (SSSR count). The molecule has 0 saturated heterocycles. The first-order valence-corrected chi connectivity index (χ1v) is 10.2. The minimum absolute atomic E-state index is 0.0143. The van der Waals surface area contributed by atoms with E-state index in [4.69, 9.17) is 4.74 Å². The summed E-state index contributed by atoms with van der Waals surface area (Å²) in [6, 6.07) is 12.4. The van der Waals surface area contributed by atoms with Gasteiger partial charge in [0, 0.05) is 31.9 Å². The molecule has 1 heterocycles. The Bertz CT molecular complexity index is 970. The number of anilines is 1. The van der Waals surface area contributed by atoms with Gasteiger partial charge in [-0.3, -0.25) is 4.79 Å². The number of hydrogen-bond acceptors (Lipinski definition) is 4. The third-order valence-electron chi connectivity index (χ3n) is 4.96. The van der Waals surface area contributed by atoms with Gasteiger partial charge in [-0.05, 0) is 42.2 Å². The van der Waals surface area contributed by atoms with Gasteiger partial charge in [-0.2, -0.15) is 0 Å². The summed E-state index contributed by atoms with van der Waals surface area (Å²) in [4.78, 5) is 14.9. The molecule has 0 radical (unpaired) electrons. The molecule has 0 saturated carbocycles. The van der Waals surface area contributed by atoms with Gasteiger partial charge in [-0.1, -0.05) is 25.1 Å². The Balaban J connectivity index is 2.05. The number of rotatable bonds is 4. The Morgan fingerprint density at radius 3 is 2.56 bits per heavy atom. The highest BCUT2D eigenvalue weighted by atomic mass is 32.2. The Labute approximate surface area is 160 Å². The summed E-state index contributed by atoms with van der Waals surface area (Å²) in [6.07, 6.45) is 0.863. The zero-order valence-electron chi connectivity index (χ0n) is 16.0. The van der Waals surface area contributed by atoms with Crippen molar-refractivity contribution < 1.29 is 17.9 Å². The van der Waals surface area contributed by atoms with Crippen LogP contribution in [0.15, 0.2) is 47.4 Å². The second-order valence-corrected chi connectivity index (χ2v) is 8.98. The van der Waals surface area contributed by atoms with Crippen LogP contribution >= 0.6 is 0 Å². The molecule has 6 nitrogen and oxygen atoms in total. The molecule has 2 aromatic carbocycles. The average Bonchev–Trinajstić information content (AvgIpc) is 2.67. The van der Waals surface area contributed by atoms with E-state index in [1.165, 1.54) is 33.3 Å². The summed E-state index contributed by atoms with van der Waals surface area (Å²) in [5, 5.41) is 0. The second-order valence-electron chi connectivity index (χ2n) is 6.86. The number of para-hydroxylation sites is 1. The van der Waals surface area contributed by atoms with Gasteiger partial charge in [0.05, 0.1) is 7.11 Å². The first-order valence-electron chi connectivity index (χ1n) is 8.78. The summed E-state index contributed by atoms with van der Waals surface area (Å²) >= 11 is 0. The monoisotopic (exact) mass is 388 g/mol. The molecule has 144 valence electrons. The molecule has 0 N–H and O–H groups in total. The number of sulfonamides is 1. The van der Waals surface area contributed by atoms with Crippen LogP contribution in [0.4, 0.5) is 5.69 Å². The van der Waals surface area contributed by atoms with E-state index in [-0.39, 0.29) is 16.6 Å². The van der Waals surface area contributed by atoms with Crippen molar-refractivity contribution >= 4 is 21.6 Å². The lowest BCUT2D eigenvalue weighted by atomic mass is 9.91. The van der Waals surface area contributed by atoms with Gasteiger partial charge >= 0.3 is 0 Å². The predicted octanol–water partition coefficient (Wildman–Crippen LogP) is 3.10. The molecule has 7 heteroatoms. The maximum Gasteiger partial charge on any atom is 0.258 e. The Kier molecular flexibility index (Phi) is 5.26. The number of methoxy groups -OCH3 is 1. The third kappa shape index (κ3) is 3.44. The van der Waals surface area contributed by atoms with Crippen LogP contribution in [0.5, 0.6) is 5.75 Å². The number of amides is 1. The number of hydrogen-bond donors (Lipinski definition) is 0. The largest absolute Gasteiger partial charge is 0.495 e. The quantitative estimate of drug-likeness (QED) is 0.807. The molecule has 1 aliphatic heterocycles. The molecule has 0 fully saturated rings. The SMILES string of the molecule is COc1ccc(C(=O)N2CCC(C)c3ccccc32)cc1S(=O)(=O)N(C)C. The summed E-state index contributed by atoms with van der Waals surface area (Å²) in [7, 11) is 0.572. The summed E-state index contributed by atoms with van der Waals surface area (Å²) in [5.41, 5.74) is 2.33. The van der Waals surface area contributed by atoms with Crippen LogP contribution in [0.1, 0.15) is 35.2 Å². The smallest absolute Gasteiger partial charge is 0.258 e. The zero-order valence-corrected chi connectivity index (χ0v) is 16.8. The molecular formula is C20H24N2O4S. The van der Waals surface area contributed by atoms with Crippen LogP contribution in [0.3, 0.4) is 0 Å². The predicted molar refractivity (Wildman–Crippen MR) is 105 cm³/mol. The fourth-order valence-electron chi connectivity index (χ4n) is 3.32. The van der Waals surface area contributed by atoms with Crippen molar-refractivity contribution in [3.8, 4) is 5.75 Å². The average molecular weight is 388 g/mol. The number of benzene rings is 2. The third-order valence-corrected chi connectivity index (χ3v) is 6.79. The normalized spacial score (nSPS) is 16.9.